The van der Waals surface area contributed by atoms with Gasteiger partial charge in [-0.3, -0.25) is 4.79 Å². The SMILES string of the molecule is C/C=C/C/C=C/C/C=C/CCCCC(=O)OC(CC(=O)[O-])C[N+](C)(C)C. The maximum atomic E-state index is 11.9. The lowest BCUT2D eigenvalue weighted by Crippen LogP contribution is -2.45. The zero-order valence-electron chi connectivity index (χ0n) is 16.8. The number of likely N-dealkylation sites (N-methyl/N-ethyl adjacent to an activating group) is 1. The molecule has 1 atom stereocenters. The summed E-state index contributed by atoms with van der Waals surface area (Å²) in [4.78, 5) is 22.7. The molecular weight excluding hydrogens is 330 g/mol. The van der Waals surface area contributed by atoms with Gasteiger partial charge >= 0.3 is 5.97 Å². The molecule has 5 heteroatoms. The third-order valence-electron chi connectivity index (χ3n) is 3.56. The maximum Gasteiger partial charge on any atom is 0.306 e. The lowest BCUT2D eigenvalue weighted by Gasteiger charge is -2.29. The van der Waals surface area contributed by atoms with Crippen molar-refractivity contribution in [2.24, 2.45) is 0 Å². The number of carboxylic acids is 1. The first-order valence-corrected chi connectivity index (χ1v) is 9.35. The van der Waals surface area contributed by atoms with E-state index in [9.17, 15) is 14.7 Å². The highest BCUT2D eigenvalue weighted by atomic mass is 16.5. The molecule has 1 unspecified atom stereocenters. The number of ether oxygens (including phenoxy) is 1. The second kappa shape index (κ2) is 14.3. The summed E-state index contributed by atoms with van der Waals surface area (Å²) in [5.41, 5.74) is 0. The molecule has 26 heavy (non-hydrogen) atoms. The van der Waals surface area contributed by atoms with Crippen LogP contribution >= 0.6 is 0 Å². The summed E-state index contributed by atoms with van der Waals surface area (Å²) < 4.78 is 5.85. The minimum atomic E-state index is -1.19. The molecule has 0 heterocycles. The molecule has 0 spiro atoms. The van der Waals surface area contributed by atoms with Gasteiger partial charge < -0.3 is 19.1 Å². The van der Waals surface area contributed by atoms with Gasteiger partial charge in [0.15, 0.2) is 6.10 Å². The van der Waals surface area contributed by atoms with Crippen molar-refractivity contribution in [2.75, 3.05) is 27.7 Å². The molecule has 0 saturated carbocycles. The zero-order chi connectivity index (χ0) is 19.8. The predicted molar refractivity (Wildman–Crippen MR) is 103 cm³/mol. The average Bonchev–Trinajstić information content (AvgIpc) is 2.50. The number of carboxylic acid groups (broad SMARTS) is 1. The molecule has 0 amide bonds. The van der Waals surface area contributed by atoms with E-state index in [2.05, 4.69) is 30.4 Å². The first kappa shape index (κ1) is 24.1. The van der Waals surface area contributed by atoms with Crippen molar-refractivity contribution in [3.63, 3.8) is 0 Å². The number of allylic oxidation sites excluding steroid dienone is 6. The fourth-order valence-electron chi connectivity index (χ4n) is 2.42. The largest absolute Gasteiger partial charge is 0.550 e. The number of nitrogens with zero attached hydrogens (tertiary/aromatic N) is 1. The van der Waals surface area contributed by atoms with Gasteiger partial charge in [-0.2, -0.15) is 0 Å². The third-order valence-corrected chi connectivity index (χ3v) is 3.56. The number of carbonyl (C=O) groups excluding carboxylic acids is 2. The number of unbranched alkanes of at least 4 members (excludes halogenated alkanes) is 2. The summed E-state index contributed by atoms with van der Waals surface area (Å²) in [6.45, 7) is 2.46. The summed E-state index contributed by atoms with van der Waals surface area (Å²) in [6.07, 6.45) is 16.6. The Hall–Kier alpha value is -1.88. The predicted octanol–water partition coefficient (Wildman–Crippen LogP) is 2.77. The number of hydrogen-bond donors (Lipinski definition) is 0. The molecule has 0 aromatic carbocycles. The second-order valence-corrected chi connectivity index (χ2v) is 7.39. The van der Waals surface area contributed by atoms with E-state index in [1.54, 1.807) is 0 Å². The highest BCUT2D eigenvalue weighted by Crippen LogP contribution is 2.09. The van der Waals surface area contributed by atoms with Crippen molar-refractivity contribution in [2.45, 2.75) is 58.0 Å². The van der Waals surface area contributed by atoms with Gasteiger partial charge in [-0.15, -0.1) is 0 Å². The van der Waals surface area contributed by atoms with Gasteiger partial charge in [-0.25, -0.2) is 0 Å². The van der Waals surface area contributed by atoms with Crippen LogP contribution in [0.15, 0.2) is 36.5 Å². The van der Waals surface area contributed by atoms with Crippen LogP contribution in [0.5, 0.6) is 0 Å². The molecule has 0 bridgehead atoms. The van der Waals surface area contributed by atoms with Crippen LogP contribution in [-0.4, -0.2) is 50.2 Å². The zero-order valence-corrected chi connectivity index (χ0v) is 16.8. The maximum absolute atomic E-state index is 11.9. The molecule has 0 saturated heterocycles. The van der Waals surface area contributed by atoms with Crippen molar-refractivity contribution in [3.05, 3.63) is 36.5 Å². The first-order chi connectivity index (χ1) is 12.2. The first-order valence-electron chi connectivity index (χ1n) is 9.35. The summed E-state index contributed by atoms with van der Waals surface area (Å²) in [5, 5.41) is 10.8. The normalized spacial score (nSPS) is 13.7. The van der Waals surface area contributed by atoms with E-state index >= 15 is 0 Å². The van der Waals surface area contributed by atoms with Gasteiger partial charge in [0.1, 0.15) is 6.54 Å². The number of hydrogen-bond acceptors (Lipinski definition) is 4. The van der Waals surface area contributed by atoms with Crippen LogP contribution in [0.25, 0.3) is 0 Å². The Morgan fingerprint density at radius 1 is 1.00 bits per heavy atom. The molecule has 0 aromatic heterocycles. The number of rotatable bonds is 14. The Bertz CT molecular complexity index is 487. The Kier molecular flexibility index (Phi) is 13.3. The fraction of sp³-hybridized carbons (Fsp3) is 0.619. The van der Waals surface area contributed by atoms with Crippen LogP contribution < -0.4 is 5.11 Å². The molecule has 0 rings (SSSR count). The number of quaternary nitrogens is 1. The van der Waals surface area contributed by atoms with Gasteiger partial charge in [0, 0.05) is 18.8 Å². The summed E-state index contributed by atoms with van der Waals surface area (Å²) in [7, 11) is 5.79. The smallest absolute Gasteiger partial charge is 0.306 e. The molecule has 0 N–H and O–H groups in total. The molecule has 0 aromatic rings. The molecule has 0 aliphatic heterocycles. The summed E-state index contributed by atoms with van der Waals surface area (Å²) in [5.74, 6) is -1.53. The topological polar surface area (TPSA) is 66.4 Å². The van der Waals surface area contributed by atoms with E-state index in [1.165, 1.54) is 0 Å². The van der Waals surface area contributed by atoms with Gasteiger partial charge in [0.2, 0.25) is 0 Å². The lowest BCUT2D eigenvalue weighted by molar-refractivity contribution is -0.873. The molecular formula is C21H35NO4. The second-order valence-electron chi connectivity index (χ2n) is 7.39. The minimum Gasteiger partial charge on any atom is -0.550 e. The van der Waals surface area contributed by atoms with E-state index in [-0.39, 0.29) is 12.4 Å². The monoisotopic (exact) mass is 365 g/mol. The van der Waals surface area contributed by atoms with Crippen molar-refractivity contribution >= 4 is 11.9 Å². The van der Waals surface area contributed by atoms with Crippen molar-refractivity contribution in [1.29, 1.82) is 0 Å². The lowest BCUT2D eigenvalue weighted by atomic mass is 10.1. The van der Waals surface area contributed by atoms with E-state index in [0.29, 0.717) is 17.4 Å². The molecule has 0 radical (unpaired) electrons. The van der Waals surface area contributed by atoms with Crippen LogP contribution in [-0.2, 0) is 14.3 Å². The van der Waals surface area contributed by atoms with Gasteiger partial charge in [-0.05, 0) is 39.0 Å². The standard InChI is InChI=1S/C21H35NO4/c1-5-6-7-8-9-10-11-12-13-14-15-16-21(25)26-19(17-20(23)24)18-22(2,3)4/h5-6,8-9,11-12,19H,7,10,13-18H2,1-4H3/b6-5+,9-8+,12-11+. The van der Waals surface area contributed by atoms with E-state index in [1.807, 2.05) is 34.1 Å². The molecule has 0 aliphatic carbocycles. The van der Waals surface area contributed by atoms with Crippen LogP contribution in [0.3, 0.4) is 0 Å². The third kappa shape index (κ3) is 17.0. The Labute approximate surface area is 158 Å². The van der Waals surface area contributed by atoms with Crippen LogP contribution in [0.2, 0.25) is 0 Å². The van der Waals surface area contributed by atoms with Gasteiger partial charge in [0.25, 0.3) is 0 Å². The van der Waals surface area contributed by atoms with Crippen LogP contribution in [0.4, 0.5) is 0 Å². The van der Waals surface area contributed by atoms with E-state index in [4.69, 9.17) is 4.74 Å². The molecule has 0 fully saturated rings. The Morgan fingerprint density at radius 3 is 2.19 bits per heavy atom. The fourth-order valence-corrected chi connectivity index (χ4v) is 2.42. The van der Waals surface area contributed by atoms with Gasteiger partial charge in [0.05, 0.1) is 21.1 Å². The Balaban J connectivity index is 3.95. The van der Waals surface area contributed by atoms with Crippen molar-refractivity contribution < 1.29 is 23.9 Å². The number of esters is 1. The van der Waals surface area contributed by atoms with Crippen LogP contribution in [0, 0.1) is 0 Å². The van der Waals surface area contributed by atoms with Crippen molar-refractivity contribution in [3.8, 4) is 0 Å². The molecule has 0 aliphatic rings. The van der Waals surface area contributed by atoms with Crippen molar-refractivity contribution in [1.82, 2.24) is 0 Å². The van der Waals surface area contributed by atoms with Gasteiger partial charge in [-0.1, -0.05) is 36.5 Å². The average molecular weight is 366 g/mol. The Morgan fingerprint density at radius 2 is 1.62 bits per heavy atom. The molecule has 148 valence electrons. The number of carbonyl (C=O) groups is 2. The van der Waals surface area contributed by atoms with E-state index < -0.39 is 12.1 Å². The van der Waals surface area contributed by atoms with E-state index in [0.717, 1.165) is 32.1 Å². The highest BCUT2D eigenvalue weighted by Gasteiger charge is 2.22. The quantitative estimate of drug-likeness (QED) is 0.205. The highest BCUT2D eigenvalue weighted by molar-refractivity contribution is 5.70. The van der Waals surface area contributed by atoms with Crippen LogP contribution in [0.1, 0.15) is 51.9 Å². The molecule has 5 nitrogen and oxygen atoms in total. The minimum absolute atomic E-state index is 0.258. The summed E-state index contributed by atoms with van der Waals surface area (Å²) >= 11 is 0. The number of aliphatic carboxylic acids is 1. The summed E-state index contributed by atoms with van der Waals surface area (Å²) in [6, 6.07) is 0.